The van der Waals surface area contributed by atoms with Crippen molar-refractivity contribution >= 4 is 5.97 Å². The number of esters is 1. The number of fused-ring (bicyclic) bond motifs is 1. The lowest BCUT2D eigenvalue weighted by atomic mass is 9.70. The summed E-state index contributed by atoms with van der Waals surface area (Å²) in [4.78, 5) is 14.5. The van der Waals surface area contributed by atoms with Crippen molar-refractivity contribution in [3.05, 3.63) is 35.9 Å². The van der Waals surface area contributed by atoms with Gasteiger partial charge in [0.2, 0.25) is 6.79 Å². The van der Waals surface area contributed by atoms with Crippen LogP contribution in [0.25, 0.3) is 0 Å². The molecular weight excluding hydrogens is 318 g/mol. The van der Waals surface area contributed by atoms with Gasteiger partial charge in [0.1, 0.15) is 0 Å². The van der Waals surface area contributed by atoms with Gasteiger partial charge >= 0.3 is 5.97 Å². The van der Waals surface area contributed by atoms with E-state index in [4.69, 9.17) is 14.2 Å². The summed E-state index contributed by atoms with van der Waals surface area (Å²) in [6.45, 7) is 3.92. The summed E-state index contributed by atoms with van der Waals surface area (Å²) in [6, 6.07) is 6.28. The lowest BCUT2D eigenvalue weighted by Gasteiger charge is -2.46. The third kappa shape index (κ3) is 2.91. The first-order valence-corrected chi connectivity index (χ1v) is 9.18. The Morgan fingerprint density at radius 1 is 1.32 bits per heavy atom. The maximum atomic E-state index is 12.1. The van der Waals surface area contributed by atoms with E-state index in [0.29, 0.717) is 25.9 Å². The van der Waals surface area contributed by atoms with E-state index in [9.17, 15) is 4.79 Å². The van der Waals surface area contributed by atoms with E-state index in [1.54, 1.807) is 0 Å². The highest BCUT2D eigenvalue weighted by atomic mass is 16.7. The zero-order valence-electron chi connectivity index (χ0n) is 14.7. The lowest BCUT2D eigenvalue weighted by Crippen LogP contribution is -2.51. The number of allylic oxidation sites excluding steroid dienone is 1. The van der Waals surface area contributed by atoms with E-state index in [-0.39, 0.29) is 11.5 Å². The van der Waals surface area contributed by atoms with E-state index in [1.165, 1.54) is 5.56 Å². The minimum absolute atomic E-state index is 0.00475. The molecule has 0 radical (unpaired) electrons. The number of carbonyl (C=O) groups is 1. The maximum absolute atomic E-state index is 12.1. The molecule has 134 valence electrons. The van der Waals surface area contributed by atoms with E-state index in [1.807, 2.05) is 13.0 Å². The van der Waals surface area contributed by atoms with Crippen molar-refractivity contribution in [1.29, 1.82) is 0 Å². The van der Waals surface area contributed by atoms with Crippen LogP contribution in [0.2, 0.25) is 0 Å². The van der Waals surface area contributed by atoms with Crippen molar-refractivity contribution in [3.63, 3.8) is 0 Å². The third-order valence-corrected chi connectivity index (χ3v) is 5.75. The second-order valence-electron chi connectivity index (χ2n) is 7.01. The average Bonchev–Trinajstić information content (AvgIpc) is 3.23. The second-order valence-corrected chi connectivity index (χ2v) is 7.01. The molecule has 2 atom stereocenters. The van der Waals surface area contributed by atoms with Crippen molar-refractivity contribution in [1.82, 2.24) is 4.90 Å². The molecule has 0 amide bonds. The van der Waals surface area contributed by atoms with Gasteiger partial charge in [-0.15, -0.1) is 0 Å². The number of carbonyl (C=O) groups excluding carboxylic acids is 1. The number of hydrogen-bond acceptors (Lipinski definition) is 5. The minimum Gasteiger partial charge on any atom is -0.465 e. The molecule has 25 heavy (non-hydrogen) atoms. The molecule has 0 bridgehead atoms. The summed E-state index contributed by atoms with van der Waals surface area (Å²) in [7, 11) is 0. The molecule has 1 saturated heterocycles. The Labute approximate surface area is 148 Å². The van der Waals surface area contributed by atoms with Gasteiger partial charge in [-0.25, -0.2) is 0 Å². The summed E-state index contributed by atoms with van der Waals surface area (Å²) in [5, 5.41) is 0. The molecule has 0 N–H and O–H groups in total. The molecule has 3 aliphatic rings. The number of nitrogens with zero attached hydrogens (tertiary/aromatic N) is 1. The molecule has 1 fully saturated rings. The summed E-state index contributed by atoms with van der Waals surface area (Å²) in [5.74, 6) is 1.88. The lowest BCUT2D eigenvalue weighted by molar-refractivity contribution is -0.145. The van der Waals surface area contributed by atoms with Crippen LogP contribution in [0, 0.1) is 0 Å². The van der Waals surface area contributed by atoms with Crippen molar-refractivity contribution < 1.29 is 19.0 Å². The van der Waals surface area contributed by atoms with Gasteiger partial charge in [0, 0.05) is 11.5 Å². The predicted molar refractivity (Wildman–Crippen MR) is 93.9 cm³/mol. The maximum Gasteiger partial charge on any atom is 0.320 e. The van der Waals surface area contributed by atoms with Gasteiger partial charge in [0.05, 0.1) is 13.2 Å². The number of hydrogen-bond donors (Lipinski definition) is 0. The quantitative estimate of drug-likeness (QED) is 0.620. The Kier molecular flexibility index (Phi) is 4.42. The number of ether oxygens (including phenoxy) is 3. The normalized spacial score (nSPS) is 27.8. The second kappa shape index (κ2) is 6.71. The van der Waals surface area contributed by atoms with Crippen molar-refractivity contribution in [2.75, 3.05) is 26.5 Å². The van der Waals surface area contributed by atoms with Crippen molar-refractivity contribution in [2.24, 2.45) is 0 Å². The van der Waals surface area contributed by atoms with Gasteiger partial charge in [-0.2, -0.15) is 0 Å². The topological polar surface area (TPSA) is 48.0 Å². The summed E-state index contributed by atoms with van der Waals surface area (Å²) in [6.07, 6.45) is 8.73. The predicted octanol–water partition coefficient (Wildman–Crippen LogP) is 3.25. The van der Waals surface area contributed by atoms with Crippen LogP contribution < -0.4 is 9.47 Å². The van der Waals surface area contributed by atoms with Gasteiger partial charge in [0.25, 0.3) is 0 Å². The van der Waals surface area contributed by atoms with Gasteiger partial charge in [-0.3, -0.25) is 9.69 Å². The fraction of sp³-hybridized carbons (Fsp3) is 0.550. The molecule has 2 aliphatic heterocycles. The standard InChI is InChI=1S/C20H25NO4/c1-2-23-19(22)13-21-11-5-10-20(21)9-4-3-6-16(20)15-7-8-17-18(12-15)25-14-24-17/h3-4,7-8,12,16H,2,5-6,9-11,13-14H2,1H3/t16-,20+/m0/s1. The Hall–Kier alpha value is -2.01. The molecule has 1 aromatic rings. The van der Waals surface area contributed by atoms with E-state index >= 15 is 0 Å². The van der Waals surface area contributed by atoms with Crippen LogP contribution >= 0.6 is 0 Å². The highest BCUT2D eigenvalue weighted by Crippen LogP contribution is 2.49. The number of likely N-dealkylation sites (tertiary alicyclic amines) is 1. The van der Waals surface area contributed by atoms with Crippen LogP contribution in [0.4, 0.5) is 0 Å². The van der Waals surface area contributed by atoms with E-state index < -0.39 is 0 Å². The first kappa shape index (κ1) is 16.5. The van der Waals surface area contributed by atoms with Crippen LogP contribution in [-0.2, 0) is 9.53 Å². The summed E-state index contributed by atoms with van der Waals surface area (Å²) in [5.41, 5.74) is 1.26. The SMILES string of the molecule is CCOC(=O)CN1CCC[C@@]12CC=CC[C@H]2c1ccc2c(c1)OCO2. The van der Waals surface area contributed by atoms with Crippen LogP contribution in [0.15, 0.2) is 30.4 Å². The largest absolute Gasteiger partial charge is 0.465 e. The average molecular weight is 343 g/mol. The third-order valence-electron chi connectivity index (χ3n) is 5.75. The van der Waals surface area contributed by atoms with Crippen LogP contribution in [0.1, 0.15) is 44.1 Å². The zero-order valence-corrected chi connectivity index (χ0v) is 14.7. The number of rotatable bonds is 4. The van der Waals surface area contributed by atoms with E-state index in [0.717, 1.165) is 43.7 Å². The van der Waals surface area contributed by atoms with Crippen molar-refractivity contribution in [3.8, 4) is 11.5 Å². The molecule has 5 heteroatoms. The first-order chi connectivity index (χ1) is 12.2. The van der Waals surface area contributed by atoms with Crippen LogP contribution in [-0.4, -0.2) is 42.9 Å². The van der Waals surface area contributed by atoms with Crippen LogP contribution in [0.5, 0.6) is 11.5 Å². The highest BCUT2D eigenvalue weighted by molar-refractivity contribution is 5.72. The van der Waals surface area contributed by atoms with Crippen molar-refractivity contribution in [2.45, 2.75) is 44.1 Å². The molecule has 1 spiro atoms. The van der Waals surface area contributed by atoms with Gasteiger partial charge < -0.3 is 14.2 Å². The zero-order chi connectivity index (χ0) is 17.3. The first-order valence-electron chi connectivity index (χ1n) is 9.18. The fourth-order valence-corrected chi connectivity index (χ4v) is 4.64. The molecule has 1 aliphatic carbocycles. The monoisotopic (exact) mass is 343 g/mol. The molecule has 1 aromatic carbocycles. The Morgan fingerprint density at radius 3 is 3.08 bits per heavy atom. The highest BCUT2D eigenvalue weighted by Gasteiger charge is 2.48. The molecular formula is C20H25NO4. The molecule has 2 heterocycles. The smallest absolute Gasteiger partial charge is 0.320 e. The summed E-state index contributed by atoms with van der Waals surface area (Å²) < 4.78 is 16.2. The molecule has 0 unspecified atom stereocenters. The minimum atomic E-state index is -0.122. The van der Waals surface area contributed by atoms with Gasteiger partial charge in [-0.1, -0.05) is 18.2 Å². The molecule has 4 rings (SSSR count). The Morgan fingerprint density at radius 2 is 2.20 bits per heavy atom. The number of benzene rings is 1. The molecule has 0 aromatic heterocycles. The molecule has 5 nitrogen and oxygen atoms in total. The van der Waals surface area contributed by atoms with E-state index in [2.05, 4.69) is 29.2 Å². The fourth-order valence-electron chi connectivity index (χ4n) is 4.64. The Bertz CT molecular complexity index is 686. The van der Waals surface area contributed by atoms with Gasteiger partial charge in [0.15, 0.2) is 11.5 Å². The van der Waals surface area contributed by atoms with Crippen LogP contribution in [0.3, 0.4) is 0 Å². The van der Waals surface area contributed by atoms with Gasteiger partial charge in [-0.05, 0) is 56.8 Å². The molecule has 0 saturated carbocycles. The summed E-state index contributed by atoms with van der Waals surface area (Å²) >= 11 is 0. The Balaban J connectivity index is 1.64.